The summed E-state index contributed by atoms with van der Waals surface area (Å²) in [5.41, 5.74) is 0.665. The van der Waals surface area contributed by atoms with Crippen LogP contribution in [0.1, 0.15) is 36.0 Å². The number of nitrogens with zero attached hydrogens (tertiary/aromatic N) is 4. The predicted molar refractivity (Wildman–Crippen MR) is 82.7 cm³/mol. The van der Waals surface area contributed by atoms with Gasteiger partial charge in [0, 0.05) is 31.7 Å². The van der Waals surface area contributed by atoms with Gasteiger partial charge in [0.1, 0.15) is 12.1 Å². The Hall–Kier alpha value is -2.17. The van der Waals surface area contributed by atoms with Gasteiger partial charge in [-0.15, -0.1) is 0 Å². The number of hydrogen-bond donors (Lipinski definition) is 0. The largest absolute Gasteiger partial charge is 0.338 e. The molecule has 0 aromatic carbocycles. The highest BCUT2D eigenvalue weighted by Crippen LogP contribution is 2.47. The highest BCUT2D eigenvalue weighted by molar-refractivity contribution is 5.94. The minimum absolute atomic E-state index is 0.0912. The second-order valence-electron chi connectivity index (χ2n) is 6.46. The lowest BCUT2D eigenvalue weighted by Gasteiger charge is -2.28. The second-order valence-corrected chi connectivity index (χ2v) is 6.46. The van der Waals surface area contributed by atoms with Gasteiger partial charge in [-0.05, 0) is 49.7 Å². The number of amides is 1. The zero-order valence-electron chi connectivity index (χ0n) is 12.7. The van der Waals surface area contributed by atoms with Gasteiger partial charge in [0.05, 0.1) is 5.56 Å². The molecule has 5 nitrogen and oxygen atoms in total. The van der Waals surface area contributed by atoms with Gasteiger partial charge in [-0.3, -0.25) is 9.36 Å². The van der Waals surface area contributed by atoms with E-state index in [2.05, 4.69) is 9.97 Å². The summed E-state index contributed by atoms with van der Waals surface area (Å²) in [5.74, 6) is 2.31. The van der Waals surface area contributed by atoms with Crippen LogP contribution in [0.2, 0.25) is 0 Å². The van der Waals surface area contributed by atoms with E-state index in [1.807, 2.05) is 34.8 Å². The summed E-state index contributed by atoms with van der Waals surface area (Å²) < 4.78 is 1.83. The Balaban J connectivity index is 1.52. The smallest absolute Gasteiger partial charge is 0.255 e. The van der Waals surface area contributed by atoms with Gasteiger partial charge in [0.25, 0.3) is 5.91 Å². The maximum atomic E-state index is 12.7. The van der Waals surface area contributed by atoms with Crippen LogP contribution in [0.4, 0.5) is 0 Å². The van der Waals surface area contributed by atoms with Crippen molar-refractivity contribution in [2.75, 3.05) is 7.05 Å². The van der Waals surface area contributed by atoms with Crippen LogP contribution < -0.4 is 0 Å². The highest BCUT2D eigenvalue weighted by atomic mass is 16.2. The van der Waals surface area contributed by atoms with Crippen LogP contribution in [-0.2, 0) is 0 Å². The fourth-order valence-electron chi connectivity index (χ4n) is 3.29. The van der Waals surface area contributed by atoms with E-state index in [4.69, 9.17) is 0 Å². The maximum absolute atomic E-state index is 12.7. The third kappa shape index (κ3) is 2.51. The standard InChI is InChI=1S/C17H20N4O/c1-20(16(12-2-3-12)13-4-5-13)17(22)14-6-7-15(19-10-14)21-9-8-18-11-21/h6-13,16H,2-5H2,1H3. The molecule has 0 spiro atoms. The van der Waals surface area contributed by atoms with Gasteiger partial charge in [-0.25, -0.2) is 9.97 Å². The average Bonchev–Trinajstić information content (AvgIpc) is 3.49. The number of carbonyl (C=O) groups excluding carboxylic acids is 1. The molecular weight excluding hydrogens is 276 g/mol. The lowest BCUT2D eigenvalue weighted by atomic mass is 10.0. The van der Waals surface area contributed by atoms with E-state index in [1.54, 1.807) is 18.7 Å². The Morgan fingerprint density at radius 1 is 1.27 bits per heavy atom. The molecule has 2 saturated carbocycles. The summed E-state index contributed by atoms with van der Waals surface area (Å²) in [7, 11) is 1.95. The summed E-state index contributed by atoms with van der Waals surface area (Å²) in [4.78, 5) is 23.1. The lowest BCUT2D eigenvalue weighted by molar-refractivity contribution is 0.0689. The minimum atomic E-state index is 0.0912. The van der Waals surface area contributed by atoms with E-state index in [0.29, 0.717) is 11.6 Å². The van der Waals surface area contributed by atoms with E-state index in [1.165, 1.54) is 25.7 Å². The van der Waals surface area contributed by atoms with E-state index in [-0.39, 0.29) is 5.91 Å². The van der Waals surface area contributed by atoms with Crippen molar-refractivity contribution < 1.29 is 4.79 Å². The first-order chi connectivity index (χ1) is 10.7. The Labute approximate surface area is 130 Å². The van der Waals surface area contributed by atoms with E-state index >= 15 is 0 Å². The zero-order valence-corrected chi connectivity index (χ0v) is 12.7. The van der Waals surface area contributed by atoms with E-state index in [0.717, 1.165) is 17.7 Å². The lowest BCUT2D eigenvalue weighted by Crippen LogP contribution is -2.40. The summed E-state index contributed by atoms with van der Waals surface area (Å²) in [6.07, 6.45) is 12.0. The number of imidazole rings is 1. The molecule has 0 unspecified atom stereocenters. The maximum Gasteiger partial charge on any atom is 0.255 e. The molecule has 4 rings (SSSR count). The summed E-state index contributed by atoms with van der Waals surface area (Å²) in [5, 5.41) is 0. The highest BCUT2D eigenvalue weighted by Gasteiger charge is 2.45. The fourth-order valence-corrected chi connectivity index (χ4v) is 3.29. The second kappa shape index (κ2) is 5.23. The third-order valence-electron chi connectivity index (χ3n) is 4.74. The molecule has 5 heteroatoms. The van der Waals surface area contributed by atoms with Crippen LogP contribution in [0.15, 0.2) is 37.1 Å². The zero-order chi connectivity index (χ0) is 15.1. The van der Waals surface area contributed by atoms with Gasteiger partial charge in [0.2, 0.25) is 0 Å². The van der Waals surface area contributed by atoms with Crippen LogP contribution in [-0.4, -0.2) is 38.4 Å². The fraction of sp³-hybridized carbons (Fsp3) is 0.471. The van der Waals surface area contributed by atoms with Crippen molar-refractivity contribution in [3.05, 3.63) is 42.6 Å². The Morgan fingerprint density at radius 3 is 2.50 bits per heavy atom. The third-order valence-corrected chi connectivity index (χ3v) is 4.74. The van der Waals surface area contributed by atoms with Crippen LogP contribution in [0.3, 0.4) is 0 Å². The Kier molecular flexibility index (Phi) is 3.21. The molecular formula is C17H20N4O. The molecule has 0 radical (unpaired) electrons. The number of rotatable bonds is 5. The topological polar surface area (TPSA) is 51.0 Å². The number of carbonyl (C=O) groups is 1. The molecule has 2 heterocycles. The molecule has 0 N–H and O–H groups in total. The summed E-state index contributed by atoms with van der Waals surface area (Å²) in [6.45, 7) is 0. The van der Waals surface area contributed by atoms with Gasteiger partial charge in [-0.2, -0.15) is 0 Å². The van der Waals surface area contributed by atoms with Crippen LogP contribution >= 0.6 is 0 Å². The van der Waals surface area contributed by atoms with E-state index < -0.39 is 0 Å². The van der Waals surface area contributed by atoms with Crippen molar-refractivity contribution in [2.24, 2.45) is 11.8 Å². The molecule has 2 aliphatic carbocycles. The average molecular weight is 296 g/mol. The number of hydrogen-bond acceptors (Lipinski definition) is 3. The van der Waals surface area contributed by atoms with Crippen LogP contribution in [0.25, 0.3) is 5.82 Å². The SMILES string of the molecule is CN(C(=O)c1ccc(-n2ccnc2)nc1)C(C1CC1)C1CC1. The van der Waals surface area contributed by atoms with E-state index in [9.17, 15) is 4.79 Å². The molecule has 0 bridgehead atoms. The molecule has 114 valence electrons. The predicted octanol–water partition coefficient (Wildman–Crippen LogP) is 2.53. The molecule has 2 fully saturated rings. The monoisotopic (exact) mass is 296 g/mol. The van der Waals surface area contributed by atoms with Crippen LogP contribution in [0, 0.1) is 11.8 Å². The van der Waals surface area contributed by atoms with Crippen LogP contribution in [0.5, 0.6) is 0 Å². The van der Waals surface area contributed by atoms with Gasteiger partial charge in [-0.1, -0.05) is 0 Å². The number of aromatic nitrogens is 3. The van der Waals surface area contributed by atoms with Crippen molar-refractivity contribution in [3.8, 4) is 5.82 Å². The van der Waals surface area contributed by atoms with Crippen molar-refractivity contribution in [1.82, 2.24) is 19.4 Å². The normalized spacial score (nSPS) is 17.7. The van der Waals surface area contributed by atoms with Gasteiger partial charge < -0.3 is 4.90 Å². The molecule has 0 aliphatic heterocycles. The van der Waals surface area contributed by atoms with Gasteiger partial charge >= 0.3 is 0 Å². The quantitative estimate of drug-likeness (QED) is 0.852. The van der Waals surface area contributed by atoms with Crippen molar-refractivity contribution in [3.63, 3.8) is 0 Å². The first-order valence-electron chi connectivity index (χ1n) is 7.95. The van der Waals surface area contributed by atoms with Gasteiger partial charge in [0.15, 0.2) is 0 Å². The van der Waals surface area contributed by atoms with Crippen molar-refractivity contribution in [1.29, 1.82) is 0 Å². The Bertz CT molecular complexity index is 644. The first kappa shape index (κ1) is 13.5. The summed E-state index contributed by atoms with van der Waals surface area (Å²) >= 11 is 0. The molecule has 0 saturated heterocycles. The molecule has 1 amide bonds. The van der Waals surface area contributed by atoms with Crippen molar-refractivity contribution >= 4 is 5.91 Å². The molecule has 0 atom stereocenters. The molecule has 2 aromatic rings. The Morgan fingerprint density at radius 2 is 2.00 bits per heavy atom. The molecule has 2 aliphatic rings. The molecule has 2 aromatic heterocycles. The number of pyridine rings is 1. The summed E-state index contributed by atoms with van der Waals surface area (Å²) in [6, 6.07) is 4.16. The van der Waals surface area contributed by atoms with Crippen molar-refractivity contribution in [2.45, 2.75) is 31.7 Å². The molecule has 22 heavy (non-hydrogen) atoms. The minimum Gasteiger partial charge on any atom is -0.338 e. The first-order valence-corrected chi connectivity index (χ1v) is 7.95.